The van der Waals surface area contributed by atoms with Crippen LogP contribution in [0.2, 0.25) is 0 Å². The van der Waals surface area contributed by atoms with Gasteiger partial charge in [0.25, 0.3) is 0 Å². The summed E-state index contributed by atoms with van der Waals surface area (Å²) in [6.45, 7) is 9.22. The van der Waals surface area contributed by atoms with Crippen LogP contribution < -0.4 is 0 Å². The molecule has 0 unspecified atom stereocenters. The number of rotatable bonds is 68. The number of hydrogen-bond acceptors (Lipinski definition) is 3. The third-order valence-electron chi connectivity index (χ3n) is 24.6. The fourth-order valence-electron chi connectivity index (χ4n) is 17.4. The van der Waals surface area contributed by atoms with Crippen LogP contribution in [0, 0.1) is 0 Å². The number of benzene rings is 6. The molecule has 7 rings (SSSR count). The van der Waals surface area contributed by atoms with E-state index < -0.39 is 11.2 Å². The summed E-state index contributed by atoms with van der Waals surface area (Å²) in [6, 6.07) is 53.4. The first-order valence-corrected chi connectivity index (χ1v) is 49.6. The second kappa shape index (κ2) is 58.7. The van der Waals surface area contributed by atoms with Crippen molar-refractivity contribution in [1.82, 2.24) is 0 Å². The lowest BCUT2D eigenvalue weighted by molar-refractivity contribution is 0.126. The van der Waals surface area contributed by atoms with E-state index in [1.807, 2.05) is 0 Å². The van der Waals surface area contributed by atoms with Gasteiger partial charge in [-0.05, 0) is 143 Å². The van der Waals surface area contributed by atoms with E-state index in [0.29, 0.717) is 0 Å². The van der Waals surface area contributed by atoms with Gasteiger partial charge in [-0.25, -0.2) is 0 Å². The van der Waals surface area contributed by atoms with Crippen LogP contribution in [-0.2, 0) is 36.9 Å². The van der Waals surface area contributed by atoms with Gasteiger partial charge in [-0.2, -0.15) is 0 Å². The number of halogens is 2. The molecule has 0 aliphatic carbocycles. The van der Waals surface area contributed by atoms with Gasteiger partial charge in [0.2, 0.25) is 0 Å². The summed E-state index contributed by atoms with van der Waals surface area (Å²) in [6.07, 6.45) is 80.4. The van der Waals surface area contributed by atoms with Crippen molar-refractivity contribution in [3.63, 3.8) is 0 Å². The van der Waals surface area contributed by atoms with Crippen molar-refractivity contribution in [3.05, 3.63) is 210 Å². The van der Waals surface area contributed by atoms with Gasteiger partial charge in [-0.1, -0.05) is 503 Å². The lowest BCUT2D eigenvalue weighted by atomic mass is 9.77. The van der Waals surface area contributed by atoms with Crippen molar-refractivity contribution >= 4 is 43.2 Å². The van der Waals surface area contributed by atoms with E-state index >= 15 is 0 Å². The predicted octanol–water partition coefficient (Wildman–Crippen LogP) is 35.3. The first-order valence-electron chi connectivity index (χ1n) is 47.1. The summed E-state index contributed by atoms with van der Waals surface area (Å²) in [4.78, 5) is 2.13. The Morgan fingerprint density at radius 3 is 0.568 bits per heavy atom. The van der Waals surface area contributed by atoms with Gasteiger partial charge in [-0.3, -0.25) is 0 Å². The molecule has 0 bridgehead atoms. The largest absolute Gasteiger partial charge is 0.376 e. The third kappa shape index (κ3) is 35.7. The van der Waals surface area contributed by atoms with Gasteiger partial charge in [0.15, 0.2) is 0 Å². The van der Waals surface area contributed by atoms with Crippen LogP contribution in [0.3, 0.4) is 0 Å². The van der Waals surface area contributed by atoms with Crippen molar-refractivity contribution in [2.45, 2.75) is 424 Å². The molecule has 1 heterocycles. The van der Waals surface area contributed by atoms with Gasteiger partial charge in [0.1, 0.15) is 11.2 Å². The van der Waals surface area contributed by atoms with E-state index in [0.717, 1.165) is 88.9 Å². The van der Waals surface area contributed by atoms with E-state index in [1.165, 1.54) is 382 Å². The number of aliphatic hydroxyl groups is 2. The van der Waals surface area contributed by atoms with Crippen LogP contribution in [0.1, 0.15) is 443 Å². The summed E-state index contributed by atoms with van der Waals surface area (Å²) < 4.78 is 1.86. The van der Waals surface area contributed by atoms with Gasteiger partial charge < -0.3 is 10.2 Å². The van der Waals surface area contributed by atoms with Crippen molar-refractivity contribution in [2.24, 2.45) is 0 Å². The zero-order valence-corrected chi connectivity index (χ0v) is 75.3. The number of thiophene rings is 1. The Morgan fingerprint density at radius 1 is 0.216 bits per heavy atom. The lowest BCUT2D eigenvalue weighted by Gasteiger charge is -2.33. The monoisotopic (exact) mass is 1650 g/mol. The first kappa shape index (κ1) is 94.1. The lowest BCUT2D eigenvalue weighted by Crippen LogP contribution is -2.30. The van der Waals surface area contributed by atoms with Gasteiger partial charge in [-0.15, -0.1) is 11.3 Å². The van der Waals surface area contributed by atoms with Crippen molar-refractivity contribution < 1.29 is 10.2 Å². The SMILES string of the molecule is CCCCCCCCCCCCCCCCc1ccc(C(O)(c2ccc(CCCCCCCCCCCCCCCC)cc2)c2cc(Br)ccc2-c2ccc(-c3ccc(Br)cc3C(O)(c3ccc(CCCCCCCCCCCCCCCC)cc3)c3ccc(CCCCCCCCCCCCCCCC)cc3)s2)cc1. The van der Waals surface area contributed by atoms with Crippen molar-refractivity contribution in [1.29, 1.82) is 0 Å². The van der Waals surface area contributed by atoms with Crippen LogP contribution in [0.25, 0.3) is 20.9 Å². The predicted molar refractivity (Wildman–Crippen MR) is 497 cm³/mol. The molecule has 0 fully saturated rings. The van der Waals surface area contributed by atoms with E-state index in [1.54, 1.807) is 11.3 Å². The Hall–Kier alpha value is -4.10. The van der Waals surface area contributed by atoms with E-state index in [-0.39, 0.29) is 0 Å². The highest BCUT2D eigenvalue weighted by Crippen LogP contribution is 2.49. The summed E-state index contributed by atoms with van der Waals surface area (Å²) in [5.41, 5.74) is 9.57. The van der Waals surface area contributed by atoms with Crippen LogP contribution in [0.5, 0.6) is 0 Å². The Labute approximate surface area is 703 Å². The van der Waals surface area contributed by atoms with Crippen LogP contribution in [0.15, 0.2) is 155 Å². The molecule has 0 aliphatic rings. The highest BCUT2D eigenvalue weighted by atomic mass is 79.9. The minimum atomic E-state index is -1.47. The number of unbranched alkanes of at least 4 members (excludes halogenated alkanes) is 52. The van der Waals surface area contributed by atoms with Gasteiger partial charge in [0, 0.05) is 29.8 Å². The highest BCUT2D eigenvalue weighted by Gasteiger charge is 2.39. The number of hydrogen-bond donors (Lipinski definition) is 2. The molecule has 0 radical (unpaired) electrons. The van der Waals surface area contributed by atoms with Crippen molar-refractivity contribution in [2.75, 3.05) is 0 Å². The van der Waals surface area contributed by atoms with E-state index in [9.17, 15) is 10.2 Å². The maximum Gasteiger partial charge on any atom is 0.141 e. The maximum absolute atomic E-state index is 14.1. The third-order valence-corrected chi connectivity index (χ3v) is 26.8. The van der Waals surface area contributed by atoms with E-state index in [4.69, 9.17) is 0 Å². The smallest absolute Gasteiger partial charge is 0.141 e. The Bertz CT molecular complexity index is 3040. The molecule has 111 heavy (non-hydrogen) atoms. The Morgan fingerprint density at radius 2 is 0.387 bits per heavy atom. The molecule has 0 aliphatic heterocycles. The highest BCUT2D eigenvalue weighted by molar-refractivity contribution is 9.10. The van der Waals surface area contributed by atoms with Crippen LogP contribution >= 0.6 is 43.2 Å². The fourth-order valence-corrected chi connectivity index (χ4v) is 19.2. The molecular weight excluding hydrogens is 1500 g/mol. The molecule has 2 N–H and O–H groups in total. The second-order valence-electron chi connectivity index (χ2n) is 34.1. The molecule has 0 saturated heterocycles. The number of aryl methyl sites for hydroxylation is 4. The first-order chi connectivity index (χ1) is 54.6. The Kier molecular flexibility index (Phi) is 49.7. The normalized spacial score (nSPS) is 12.0. The van der Waals surface area contributed by atoms with E-state index in [2.05, 4.69) is 205 Å². The zero-order valence-electron chi connectivity index (χ0n) is 71.3. The average Bonchev–Trinajstić information content (AvgIpc) is 1.72. The summed E-state index contributed by atoms with van der Waals surface area (Å²) in [5.74, 6) is 0. The molecule has 6 aromatic carbocycles. The van der Waals surface area contributed by atoms with Crippen LogP contribution in [-0.4, -0.2) is 10.2 Å². The molecular formula is C106H158Br2O2S. The molecule has 5 heteroatoms. The average molecular weight is 1660 g/mol. The summed E-state index contributed by atoms with van der Waals surface area (Å²) >= 11 is 9.63. The zero-order chi connectivity index (χ0) is 78.3. The molecule has 0 saturated carbocycles. The van der Waals surface area contributed by atoms with Gasteiger partial charge >= 0.3 is 0 Å². The molecule has 1 aromatic heterocycles. The topological polar surface area (TPSA) is 40.5 Å². The summed E-state index contributed by atoms with van der Waals surface area (Å²) in [5, 5.41) is 28.2. The Balaban J connectivity index is 1.09. The maximum atomic E-state index is 14.1. The second-order valence-corrected chi connectivity index (χ2v) is 37.1. The molecule has 2 nitrogen and oxygen atoms in total. The minimum absolute atomic E-state index is 0.848. The molecule has 0 spiro atoms. The van der Waals surface area contributed by atoms with Gasteiger partial charge in [0.05, 0.1) is 0 Å². The van der Waals surface area contributed by atoms with Crippen LogP contribution in [0.4, 0.5) is 0 Å². The molecule has 614 valence electrons. The summed E-state index contributed by atoms with van der Waals surface area (Å²) in [7, 11) is 0. The minimum Gasteiger partial charge on any atom is -0.376 e. The molecule has 0 atom stereocenters. The van der Waals surface area contributed by atoms with Crippen molar-refractivity contribution in [3.8, 4) is 20.9 Å². The molecule has 7 aromatic rings. The quantitative estimate of drug-likeness (QED) is 0.0295. The molecule has 0 amide bonds. The fraction of sp³-hybridized carbons (Fsp3) is 0.623. The standard InChI is InChI=1S/C106H158Br2O2S/c1-5-9-13-17-21-25-29-33-37-41-45-49-53-57-61-89-65-73-93(74-66-89)105(109,94-75-67-90(68-76-94)62-58-54-50-46-42-38-34-30-26-22-18-14-10-6-2)101-87-97(107)81-83-99(101)103-85-86-104(111-103)100-84-82-98(108)88-102(100)106(110,95-77-69-91(70-78-95)63-59-55-51-47-43-39-35-31-27-23-19-15-11-7-3)96-79-71-92(72-80-96)64-60-56-52-48-44-40-36-32-28-24-20-16-12-8-4/h65-88,109-110H,5-64H2,1-4H3.